The molecule has 0 spiro atoms. The van der Waals surface area contributed by atoms with E-state index in [1.807, 2.05) is 33.9 Å². The van der Waals surface area contributed by atoms with Crippen molar-refractivity contribution in [3.63, 3.8) is 0 Å². The zero-order valence-electron chi connectivity index (χ0n) is 12.5. The van der Waals surface area contributed by atoms with Gasteiger partial charge < -0.3 is 10.4 Å². The molecule has 2 N–H and O–H groups in total. The van der Waals surface area contributed by atoms with Gasteiger partial charge in [0.2, 0.25) is 0 Å². The first-order valence-corrected chi connectivity index (χ1v) is 7.57. The summed E-state index contributed by atoms with van der Waals surface area (Å²) in [7, 11) is 1.84. The molecular weight excluding hydrogens is 290 g/mol. The van der Waals surface area contributed by atoms with E-state index in [9.17, 15) is 9.59 Å². The first kappa shape index (κ1) is 15.5. The highest BCUT2D eigenvalue weighted by molar-refractivity contribution is 7.20. The fraction of sp³-hybridized carbons (Fsp3) is 0.500. The second-order valence-electron chi connectivity index (χ2n) is 5.44. The molecule has 1 atom stereocenters. The molecule has 114 valence electrons. The van der Waals surface area contributed by atoms with Crippen molar-refractivity contribution < 1.29 is 14.7 Å². The predicted molar refractivity (Wildman–Crippen MR) is 81.6 cm³/mol. The summed E-state index contributed by atoms with van der Waals surface area (Å²) in [5.74, 6) is -1.73. The number of amides is 1. The van der Waals surface area contributed by atoms with Gasteiger partial charge in [0.15, 0.2) is 0 Å². The Balaban J connectivity index is 2.12. The lowest BCUT2D eigenvalue weighted by Crippen LogP contribution is -2.35. The van der Waals surface area contributed by atoms with Crippen LogP contribution in [-0.2, 0) is 11.8 Å². The number of carboxylic acids is 1. The van der Waals surface area contributed by atoms with Gasteiger partial charge in [-0.3, -0.25) is 14.3 Å². The number of aliphatic carboxylic acids is 1. The molecule has 0 radical (unpaired) electrons. The Morgan fingerprint density at radius 3 is 2.67 bits per heavy atom. The minimum absolute atomic E-state index is 0.0309. The van der Waals surface area contributed by atoms with Crippen molar-refractivity contribution in [2.75, 3.05) is 6.54 Å². The van der Waals surface area contributed by atoms with Crippen LogP contribution in [0.3, 0.4) is 0 Å². The Morgan fingerprint density at radius 2 is 2.14 bits per heavy atom. The Kier molecular flexibility index (Phi) is 4.32. The van der Waals surface area contributed by atoms with Crippen molar-refractivity contribution in [3.8, 4) is 0 Å². The summed E-state index contributed by atoms with van der Waals surface area (Å²) >= 11 is 1.36. The zero-order chi connectivity index (χ0) is 15.7. The fourth-order valence-corrected chi connectivity index (χ4v) is 3.25. The van der Waals surface area contributed by atoms with Gasteiger partial charge in [0.05, 0.1) is 16.5 Å². The van der Waals surface area contributed by atoms with Crippen LogP contribution >= 0.6 is 11.3 Å². The van der Waals surface area contributed by atoms with Crippen molar-refractivity contribution in [1.82, 2.24) is 15.1 Å². The van der Waals surface area contributed by atoms with Crippen LogP contribution in [-0.4, -0.2) is 33.3 Å². The number of carbonyl (C=O) groups is 2. The number of carbonyl (C=O) groups excluding carboxylic acids is 1. The van der Waals surface area contributed by atoms with Crippen molar-refractivity contribution in [2.24, 2.45) is 18.9 Å². The van der Waals surface area contributed by atoms with Crippen LogP contribution in [0.25, 0.3) is 10.2 Å². The smallest absolute Gasteiger partial charge is 0.308 e. The van der Waals surface area contributed by atoms with E-state index in [1.165, 1.54) is 11.3 Å². The second-order valence-corrected chi connectivity index (χ2v) is 6.47. The molecule has 2 aromatic rings. The number of nitrogens with zero attached hydrogens (tertiary/aromatic N) is 2. The highest BCUT2D eigenvalue weighted by Gasteiger charge is 2.23. The minimum Gasteiger partial charge on any atom is -0.481 e. The van der Waals surface area contributed by atoms with Crippen molar-refractivity contribution in [3.05, 3.63) is 16.6 Å². The first-order chi connectivity index (χ1) is 9.81. The largest absolute Gasteiger partial charge is 0.481 e. The van der Waals surface area contributed by atoms with E-state index >= 15 is 0 Å². The molecule has 21 heavy (non-hydrogen) atoms. The monoisotopic (exact) mass is 309 g/mol. The Hall–Kier alpha value is -1.89. The quantitative estimate of drug-likeness (QED) is 0.885. The third-order valence-electron chi connectivity index (χ3n) is 3.52. The maximum atomic E-state index is 12.2. The number of carboxylic acid groups (broad SMARTS) is 1. The third kappa shape index (κ3) is 3.07. The van der Waals surface area contributed by atoms with Crippen molar-refractivity contribution in [1.29, 1.82) is 0 Å². The first-order valence-electron chi connectivity index (χ1n) is 6.75. The molecule has 2 heterocycles. The molecule has 0 saturated heterocycles. The lowest BCUT2D eigenvalue weighted by Gasteiger charge is -2.16. The van der Waals surface area contributed by atoms with Gasteiger partial charge in [0, 0.05) is 19.0 Å². The van der Waals surface area contributed by atoms with Crippen LogP contribution < -0.4 is 5.32 Å². The van der Waals surface area contributed by atoms with E-state index in [0.29, 0.717) is 4.88 Å². The van der Waals surface area contributed by atoms with Crippen molar-refractivity contribution >= 4 is 33.4 Å². The minimum atomic E-state index is -0.887. The number of aromatic nitrogens is 2. The van der Waals surface area contributed by atoms with Gasteiger partial charge in [-0.15, -0.1) is 11.3 Å². The van der Waals surface area contributed by atoms with E-state index in [1.54, 1.807) is 4.68 Å². The molecular formula is C14H19N3O3S. The van der Waals surface area contributed by atoms with Gasteiger partial charge in [-0.2, -0.15) is 5.10 Å². The molecule has 0 aliphatic rings. The van der Waals surface area contributed by atoms with Gasteiger partial charge in [0.25, 0.3) is 5.91 Å². The lowest BCUT2D eigenvalue weighted by molar-refractivity contribution is -0.142. The topological polar surface area (TPSA) is 84.2 Å². The highest BCUT2D eigenvalue weighted by atomic mass is 32.1. The predicted octanol–water partition coefficient (Wildman–Crippen LogP) is 2.03. The standard InChI is InChI=1S/C14H19N3O3S/c1-7(2)10(14(19)20)6-15-12(18)11-5-9-8(3)16-17(4)13(9)21-11/h5,7,10H,6H2,1-4H3,(H,15,18)(H,19,20). The summed E-state index contributed by atoms with van der Waals surface area (Å²) in [5.41, 5.74) is 0.883. The molecule has 0 aliphatic carbocycles. The number of rotatable bonds is 5. The number of aryl methyl sites for hydroxylation is 2. The molecule has 7 heteroatoms. The van der Waals surface area contributed by atoms with E-state index in [0.717, 1.165) is 15.9 Å². The maximum absolute atomic E-state index is 12.2. The van der Waals surface area contributed by atoms with Gasteiger partial charge in [-0.1, -0.05) is 13.8 Å². The van der Waals surface area contributed by atoms with Crippen LogP contribution in [0.5, 0.6) is 0 Å². The summed E-state index contributed by atoms with van der Waals surface area (Å²) < 4.78 is 1.75. The SMILES string of the molecule is Cc1nn(C)c2sc(C(=O)NCC(C(=O)O)C(C)C)cc12. The highest BCUT2D eigenvalue weighted by Crippen LogP contribution is 2.27. The molecule has 1 amide bonds. The van der Waals surface area contributed by atoms with Crippen molar-refractivity contribution in [2.45, 2.75) is 20.8 Å². The van der Waals surface area contributed by atoms with Crippen LogP contribution in [0.4, 0.5) is 0 Å². The fourth-order valence-electron chi connectivity index (χ4n) is 2.22. The van der Waals surface area contributed by atoms with E-state index in [2.05, 4.69) is 10.4 Å². The molecule has 2 rings (SSSR count). The number of hydrogen-bond donors (Lipinski definition) is 2. The van der Waals surface area contributed by atoms with Crippen LogP contribution in [0, 0.1) is 18.8 Å². The Labute approximate surface area is 126 Å². The molecule has 0 aliphatic heterocycles. The number of hydrogen-bond acceptors (Lipinski definition) is 4. The summed E-state index contributed by atoms with van der Waals surface area (Å²) in [6.45, 7) is 5.70. The average molecular weight is 309 g/mol. The number of fused-ring (bicyclic) bond motifs is 1. The van der Waals surface area contributed by atoms with Crippen LogP contribution in [0.15, 0.2) is 6.07 Å². The molecule has 1 unspecified atom stereocenters. The third-order valence-corrected chi connectivity index (χ3v) is 4.73. The molecule has 6 nitrogen and oxygen atoms in total. The van der Waals surface area contributed by atoms with E-state index in [-0.39, 0.29) is 18.4 Å². The molecule has 0 bridgehead atoms. The van der Waals surface area contributed by atoms with Gasteiger partial charge in [0.1, 0.15) is 4.83 Å². The molecule has 0 aromatic carbocycles. The Bertz CT molecular complexity index is 652. The molecule has 2 aromatic heterocycles. The summed E-state index contributed by atoms with van der Waals surface area (Å²) in [5, 5.41) is 17.1. The van der Waals surface area contributed by atoms with E-state index in [4.69, 9.17) is 5.11 Å². The molecule has 0 saturated carbocycles. The zero-order valence-corrected chi connectivity index (χ0v) is 13.3. The number of thiophene rings is 1. The summed E-state index contributed by atoms with van der Waals surface area (Å²) in [6.07, 6.45) is 0. The van der Waals surface area contributed by atoms with Gasteiger partial charge in [-0.25, -0.2) is 0 Å². The molecule has 0 fully saturated rings. The lowest BCUT2D eigenvalue weighted by atomic mass is 9.96. The van der Waals surface area contributed by atoms with Gasteiger partial charge in [-0.05, 0) is 18.9 Å². The maximum Gasteiger partial charge on any atom is 0.308 e. The summed E-state index contributed by atoms with van der Waals surface area (Å²) in [6, 6.07) is 1.81. The van der Waals surface area contributed by atoms with Crippen LogP contribution in [0.2, 0.25) is 0 Å². The second kappa shape index (κ2) is 5.85. The average Bonchev–Trinajstić information content (AvgIpc) is 2.91. The van der Waals surface area contributed by atoms with Crippen LogP contribution in [0.1, 0.15) is 29.2 Å². The normalized spacial score (nSPS) is 12.8. The van der Waals surface area contributed by atoms with E-state index < -0.39 is 11.9 Å². The van der Waals surface area contributed by atoms with Gasteiger partial charge >= 0.3 is 5.97 Å². The Morgan fingerprint density at radius 1 is 1.48 bits per heavy atom. The number of nitrogens with one attached hydrogen (secondary N) is 1. The summed E-state index contributed by atoms with van der Waals surface area (Å²) in [4.78, 5) is 24.8.